The molecule has 2 rings (SSSR count). The third kappa shape index (κ3) is 4.15. The van der Waals surface area contributed by atoms with Crippen molar-refractivity contribution in [2.75, 3.05) is 7.11 Å². The summed E-state index contributed by atoms with van der Waals surface area (Å²) in [7, 11) is 1.62. The highest BCUT2D eigenvalue weighted by Crippen LogP contribution is 2.25. The number of nitro benzene ring substituents is 1. The smallest absolute Gasteiger partial charge is 0.272 e. The van der Waals surface area contributed by atoms with Crippen LogP contribution >= 0.6 is 0 Å². The number of carbonyl (C=O) groups excluding carboxylic acids is 1. The van der Waals surface area contributed by atoms with Gasteiger partial charge in [-0.1, -0.05) is 19.1 Å². The lowest BCUT2D eigenvalue weighted by Gasteiger charge is -2.19. The van der Waals surface area contributed by atoms with Crippen molar-refractivity contribution >= 4 is 11.6 Å². The molecule has 0 saturated carbocycles. The first-order valence-electron chi connectivity index (χ1n) is 8.07. The second kappa shape index (κ2) is 7.79. The number of hydrogen-bond acceptors (Lipinski definition) is 4. The van der Waals surface area contributed by atoms with E-state index in [2.05, 4.69) is 5.32 Å². The number of nitrogens with zero attached hydrogens (tertiary/aromatic N) is 1. The molecule has 6 nitrogen and oxygen atoms in total. The number of methoxy groups -OCH3 is 1. The number of amides is 1. The van der Waals surface area contributed by atoms with Crippen molar-refractivity contribution in [1.82, 2.24) is 5.32 Å². The van der Waals surface area contributed by atoms with Gasteiger partial charge in [-0.3, -0.25) is 14.9 Å². The van der Waals surface area contributed by atoms with Crippen molar-refractivity contribution in [2.24, 2.45) is 0 Å². The van der Waals surface area contributed by atoms with Crippen LogP contribution in [0.4, 0.5) is 5.69 Å². The van der Waals surface area contributed by atoms with Gasteiger partial charge in [-0.25, -0.2) is 0 Å². The molecule has 0 bridgehead atoms. The molecule has 0 aliphatic rings. The minimum Gasteiger partial charge on any atom is -0.496 e. The van der Waals surface area contributed by atoms with Gasteiger partial charge in [-0.05, 0) is 49.6 Å². The van der Waals surface area contributed by atoms with E-state index < -0.39 is 4.92 Å². The van der Waals surface area contributed by atoms with Crippen LogP contribution in [-0.2, 0) is 0 Å². The number of aryl methyl sites for hydroxylation is 2. The molecule has 25 heavy (non-hydrogen) atoms. The van der Waals surface area contributed by atoms with Crippen molar-refractivity contribution in [1.29, 1.82) is 0 Å². The molecule has 132 valence electrons. The molecule has 0 radical (unpaired) electrons. The maximum absolute atomic E-state index is 12.5. The number of ether oxygens (including phenoxy) is 1. The maximum atomic E-state index is 12.5. The third-order valence-corrected chi connectivity index (χ3v) is 4.19. The topological polar surface area (TPSA) is 81.5 Å². The second-order valence-electron chi connectivity index (χ2n) is 5.92. The highest BCUT2D eigenvalue weighted by atomic mass is 16.6. The summed E-state index contributed by atoms with van der Waals surface area (Å²) in [5.41, 5.74) is 2.87. The van der Waals surface area contributed by atoms with Crippen molar-refractivity contribution in [3.05, 3.63) is 68.8 Å². The van der Waals surface area contributed by atoms with E-state index in [1.165, 1.54) is 12.1 Å². The molecular formula is C19H22N2O4. The van der Waals surface area contributed by atoms with E-state index in [4.69, 9.17) is 4.74 Å². The van der Waals surface area contributed by atoms with Crippen LogP contribution in [0.2, 0.25) is 0 Å². The van der Waals surface area contributed by atoms with Crippen molar-refractivity contribution in [3.63, 3.8) is 0 Å². The van der Waals surface area contributed by atoms with Crippen LogP contribution in [0.15, 0.2) is 36.4 Å². The first kappa shape index (κ1) is 18.4. The van der Waals surface area contributed by atoms with Gasteiger partial charge in [0, 0.05) is 17.2 Å². The lowest BCUT2D eigenvalue weighted by Crippen LogP contribution is -2.28. The Morgan fingerprint density at radius 1 is 1.20 bits per heavy atom. The third-order valence-electron chi connectivity index (χ3n) is 4.19. The fraction of sp³-hybridized carbons (Fsp3) is 0.316. The van der Waals surface area contributed by atoms with E-state index in [9.17, 15) is 14.9 Å². The lowest BCUT2D eigenvalue weighted by atomic mass is 10.0. The fourth-order valence-electron chi connectivity index (χ4n) is 2.78. The Kier molecular flexibility index (Phi) is 5.75. The predicted octanol–water partition coefficient (Wildman–Crippen LogP) is 4.10. The van der Waals surface area contributed by atoms with Crippen LogP contribution in [0.3, 0.4) is 0 Å². The molecule has 0 fully saturated rings. The Morgan fingerprint density at radius 3 is 2.44 bits per heavy atom. The Hall–Kier alpha value is -2.89. The molecule has 0 saturated heterocycles. The van der Waals surface area contributed by atoms with E-state index >= 15 is 0 Å². The molecule has 1 N–H and O–H groups in total. The minimum absolute atomic E-state index is 0.00868. The predicted molar refractivity (Wildman–Crippen MR) is 96.1 cm³/mol. The number of nitrogens with one attached hydrogen (secondary N) is 1. The number of carbonyl (C=O) groups is 1. The summed E-state index contributed by atoms with van der Waals surface area (Å²) in [6, 6.07) is 10.0. The van der Waals surface area contributed by atoms with Gasteiger partial charge in [-0.15, -0.1) is 0 Å². The summed E-state index contributed by atoms with van der Waals surface area (Å²) in [6.07, 6.45) is 0.726. The quantitative estimate of drug-likeness (QED) is 0.633. The SMILES string of the molecule is CC[C@H](NC(=O)c1ccc([N+](=O)[O-])c(C)c1)c1ccc(OC)c(C)c1. The van der Waals surface area contributed by atoms with Crippen LogP contribution in [0.5, 0.6) is 5.75 Å². The van der Waals surface area contributed by atoms with Crippen LogP contribution in [0.1, 0.15) is 46.4 Å². The zero-order valence-corrected chi connectivity index (χ0v) is 14.8. The van der Waals surface area contributed by atoms with E-state index in [-0.39, 0.29) is 17.6 Å². The van der Waals surface area contributed by atoms with Crippen molar-refractivity contribution in [3.8, 4) is 5.75 Å². The standard InChI is InChI=1S/C19H22N2O4/c1-5-16(14-7-9-18(25-4)13(3)11-14)20-19(22)15-6-8-17(21(23)24)12(2)10-15/h6-11,16H,5H2,1-4H3,(H,20,22)/t16-/m0/s1. The number of hydrogen-bond donors (Lipinski definition) is 1. The number of benzene rings is 2. The Bertz CT molecular complexity index is 802. The lowest BCUT2D eigenvalue weighted by molar-refractivity contribution is -0.385. The molecule has 6 heteroatoms. The molecular weight excluding hydrogens is 320 g/mol. The highest BCUT2D eigenvalue weighted by Gasteiger charge is 2.17. The monoisotopic (exact) mass is 342 g/mol. The highest BCUT2D eigenvalue weighted by molar-refractivity contribution is 5.95. The molecule has 0 heterocycles. The molecule has 1 amide bonds. The summed E-state index contributed by atoms with van der Waals surface area (Å²) in [6.45, 7) is 5.57. The van der Waals surface area contributed by atoms with Crippen LogP contribution in [0.25, 0.3) is 0 Å². The zero-order valence-electron chi connectivity index (χ0n) is 14.8. The molecule has 2 aromatic rings. The molecule has 0 aliphatic carbocycles. The first-order valence-corrected chi connectivity index (χ1v) is 8.07. The summed E-state index contributed by atoms with van der Waals surface area (Å²) in [5.74, 6) is 0.550. The molecule has 0 spiro atoms. The summed E-state index contributed by atoms with van der Waals surface area (Å²) >= 11 is 0. The fourth-order valence-corrected chi connectivity index (χ4v) is 2.78. The van der Waals surface area contributed by atoms with E-state index in [1.807, 2.05) is 32.0 Å². The van der Waals surface area contributed by atoms with E-state index in [0.717, 1.165) is 23.3 Å². The zero-order chi connectivity index (χ0) is 18.6. The van der Waals surface area contributed by atoms with E-state index in [0.29, 0.717) is 11.1 Å². The van der Waals surface area contributed by atoms with Gasteiger partial charge in [0.1, 0.15) is 5.75 Å². The second-order valence-corrected chi connectivity index (χ2v) is 5.92. The number of rotatable bonds is 6. The number of nitro groups is 1. The summed E-state index contributed by atoms with van der Waals surface area (Å²) in [4.78, 5) is 23.0. The molecule has 0 unspecified atom stereocenters. The average molecular weight is 342 g/mol. The average Bonchev–Trinajstić information content (AvgIpc) is 2.58. The van der Waals surface area contributed by atoms with Gasteiger partial charge in [0.15, 0.2) is 0 Å². The van der Waals surface area contributed by atoms with Gasteiger partial charge >= 0.3 is 0 Å². The summed E-state index contributed by atoms with van der Waals surface area (Å²) < 4.78 is 5.27. The van der Waals surface area contributed by atoms with Gasteiger partial charge in [0.25, 0.3) is 11.6 Å². The van der Waals surface area contributed by atoms with Crippen molar-refractivity contribution in [2.45, 2.75) is 33.2 Å². The molecule has 0 aliphatic heterocycles. The molecule has 0 aromatic heterocycles. The first-order chi connectivity index (χ1) is 11.9. The Morgan fingerprint density at radius 2 is 1.92 bits per heavy atom. The van der Waals surface area contributed by atoms with Crippen LogP contribution in [-0.4, -0.2) is 17.9 Å². The normalized spacial score (nSPS) is 11.7. The van der Waals surface area contributed by atoms with E-state index in [1.54, 1.807) is 20.1 Å². The maximum Gasteiger partial charge on any atom is 0.272 e. The minimum atomic E-state index is -0.452. The van der Waals surface area contributed by atoms with Crippen LogP contribution < -0.4 is 10.1 Å². The van der Waals surface area contributed by atoms with Gasteiger partial charge in [-0.2, -0.15) is 0 Å². The molecule has 2 aromatic carbocycles. The Labute approximate surface area is 147 Å². The van der Waals surface area contributed by atoms with Crippen LogP contribution in [0, 0.1) is 24.0 Å². The van der Waals surface area contributed by atoms with Gasteiger partial charge in [0.2, 0.25) is 0 Å². The Balaban J connectivity index is 2.21. The largest absolute Gasteiger partial charge is 0.496 e. The molecule has 1 atom stereocenters. The van der Waals surface area contributed by atoms with Gasteiger partial charge in [0.05, 0.1) is 18.1 Å². The summed E-state index contributed by atoms with van der Waals surface area (Å²) in [5, 5.41) is 13.9. The van der Waals surface area contributed by atoms with Crippen molar-refractivity contribution < 1.29 is 14.5 Å². The van der Waals surface area contributed by atoms with Gasteiger partial charge < -0.3 is 10.1 Å².